The van der Waals surface area contributed by atoms with Gasteiger partial charge in [-0.1, -0.05) is 60.7 Å². The van der Waals surface area contributed by atoms with E-state index in [9.17, 15) is 9.59 Å². The van der Waals surface area contributed by atoms with Crippen LogP contribution in [-0.2, 0) is 9.47 Å². The molecule has 0 fully saturated rings. The van der Waals surface area contributed by atoms with E-state index in [0.29, 0.717) is 11.4 Å². The number of alkyl carbamates (subject to hydrolysis) is 1. The number of hydrogen-bond acceptors (Lipinski definition) is 5. The van der Waals surface area contributed by atoms with Gasteiger partial charge in [0.05, 0.1) is 7.11 Å². The standard InChI is InChI=1S/C24H21NO4S/c1-28-23(26)22-16(12-14-30-22)7-6-13-25-24(27)29-15-21-19-10-4-2-8-17(19)18-9-3-5-11-20(18)21/h2-12,14,21H,13,15H2,1H3,(H,25,27). The van der Waals surface area contributed by atoms with Gasteiger partial charge in [0.1, 0.15) is 11.5 Å². The lowest BCUT2D eigenvalue weighted by Gasteiger charge is -2.14. The van der Waals surface area contributed by atoms with Gasteiger partial charge in [-0.25, -0.2) is 9.59 Å². The van der Waals surface area contributed by atoms with Crippen LogP contribution in [0, 0.1) is 0 Å². The third kappa shape index (κ3) is 4.00. The number of carbonyl (C=O) groups is 2. The quantitative estimate of drug-likeness (QED) is 0.566. The van der Waals surface area contributed by atoms with E-state index in [2.05, 4.69) is 29.6 Å². The summed E-state index contributed by atoms with van der Waals surface area (Å²) in [7, 11) is 1.36. The summed E-state index contributed by atoms with van der Waals surface area (Å²) < 4.78 is 10.3. The lowest BCUT2D eigenvalue weighted by molar-refractivity contribution is 0.0606. The SMILES string of the molecule is COC(=O)c1sccc1C=CCNC(=O)OCC1c2ccccc2-c2ccccc21. The van der Waals surface area contributed by atoms with E-state index >= 15 is 0 Å². The Kier molecular flexibility index (Phi) is 5.95. The van der Waals surface area contributed by atoms with Crippen molar-refractivity contribution in [3.05, 3.63) is 87.6 Å². The van der Waals surface area contributed by atoms with Gasteiger partial charge in [0.15, 0.2) is 0 Å². The Bertz CT molecular complexity index is 1060. The van der Waals surface area contributed by atoms with Crippen molar-refractivity contribution in [1.29, 1.82) is 0 Å². The maximum atomic E-state index is 12.2. The number of benzene rings is 2. The second-order valence-electron chi connectivity index (χ2n) is 6.81. The Morgan fingerprint density at radius 3 is 2.37 bits per heavy atom. The first-order valence-electron chi connectivity index (χ1n) is 9.60. The molecule has 0 spiro atoms. The number of esters is 1. The summed E-state index contributed by atoms with van der Waals surface area (Å²) in [5, 5.41) is 4.54. The number of methoxy groups -OCH3 is 1. The first-order valence-corrected chi connectivity index (χ1v) is 10.5. The molecule has 1 aliphatic carbocycles. The van der Waals surface area contributed by atoms with Crippen molar-refractivity contribution in [3.63, 3.8) is 0 Å². The van der Waals surface area contributed by atoms with Gasteiger partial charge in [0, 0.05) is 12.5 Å². The molecule has 3 aromatic rings. The van der Waals surface area contributed by atoms with E-state index in [4.69, 9.17) is 9.47 Å². The summed E-state index contributed by atoms with van der Waals surface area (Å²) in [5.41, 5.74) is 5.52. The number of nitrogens with one attached hydrogen (secondary N) is 1. The number of rotatable bonds is 6. The Morgan fingerprint density at radius 1 is 1.03 bits per heavy atom. The lowest BCUT2D eigenvalue weighted by atomic mass is 9.98. The van der Waals surface area contributed by atoms with Crippen LogP contribution in [-0.4, -0.2) is 32.3 Å². The normalized spacial score (nSPS) is 12.4. The number of fused-ring (bicyclic) bond motifs is 3. The van der Waals surface area contributed by atoms with Gasteiger partial charge < -0.3 is 14.8 Å². The van der Waals surface area contributed by atoms with Gasteiger partial charge in [0.2, 0.25) is 0 Å². The fraction of sp³-hybridized carbons (Fsp3) is 0.167. The minimum absolute atomic E-state index is 0.0344. The highest BCUT2D eigenvalue weighted by Crippen LogP contribution is 2.44. The zero-order valence-corrected chi connectivity index (χ0v) is 17.3. The highest BCUT2D eigenvalue weighted by Gasteiger charge is 2.28. The largest absolute Gasteiger partial charge is 0.465 e. The van der Waals surface area contributed by atoms with Gasteiger partial charge in [-0.2, -0.15) is 0 Å². The molecule has 152 valence electrons. The number of hydrogen-bond donors (Lipinski definition) is 1. The summed E-state index contributed by atoms with van der Waals surface area (Å²) in [6, 6.07) is 18.3. The molecule has 4 rings (SSSR count). The zero-order chi connectivity index (χ0) is 20.9. The average molecular weight is 420 g/mol. The van der Waals surface area contributed by atoms with Crippen LogP contribution in [0.25, 0.3) is 17.2 Å². The number of ether oxygens (including phenoxy) is 2. The van der Waals surface area contributed by atoms with Crippen molar-refractivity contribution in [2.75, 3.05) is 20.3 Å². The van der Waals surface area contributed by atoms with Crippen molar-refractivity contribution in [2.45, 2.75) is 5.92 Å². The third-order valence-electron chi connectivity index (χ3n) is 5.07. The van der Waals surface area contributed by atoms with Crippen LogP contribution in [0.4, 0.5) is 4.79 Å². The Labute approximate surface area is 179 Å². The number of thiophene rings is 1. The van der Waals surface area contributed by atoms with Crippen LogP contribution in [0.3, 0.4) is 0 Å². The summed E-state index contributed by atoms with van der Waals surface area (Å²) in [6.07, 6.45) is 3.09. The van der Waals surface area contributed by atoms with Crippen LogP contribution in [0.5, 0.6) is 0 Å². The lowest BCUT2D eigenvalue weighted by Crippen LogP contribution is -2.26. The molecule has 1 N–H and O–H groups in total. The van der Waals surface area contributed by atoms with Crippen molar-refractivity contribution < 1.29 is 19.1 Å². The maximum absolute atomic E-state index is 12.2. The second kappa shape index (κ2) is 8.97. The fourth-order valence-corrected chi connectivity index (χ4v) is 4.49. The van der Waals surface area contributed by atoms with Crippen LogP contribution in [0.1, 0.15) is 32.3 Å². The molecule has 1 heterocycles. The van der Waals surface area contributed by atoms with Crippen LogP contribution < -0.4 is 5.32 Å². The Morgan fingerprint density at radius 2 is 1.70 bits per heavy atom. The predicted octanol–water partition coefficient (Wildman–Crippen LogP) is 5.09. The molecule has 0 saturated heterocycles. The Hall–Kier alpha value is -3.38. The van der Waals surface area contributed by atoms with Crippen LogP contribution in [0.2, 0.25) is 0 Å². The highest BCUT2D eigenvalue weighted by atomic mass is 32.1. The molecule has 0 bridgehead atoms. The summed E-state index contributed by atoms with van der Waals surface area (Å²) >= 11 is 1.32. The predicted molar refractivity (Wildman–Crippen MR) is 118 cm³/mol. The molecular formula is C24H21NO4S. The molecule has 1 aliphatic rings. The first-order chi connectivity index (χ1) is 14.7. The van der Waals surface area contributed by atoms with E-state index in [1.807, 2.05) is 35.7 Å². The monoisotopic (exact) mass is 419 g/mol. The van der Waals surface area contributed by atoms with Gasteiger partial charge in [0.25, 0.3) is 0 Å². The molecule has 0 aliphatic heterocycles. The first kappa shape index (κ1) is 19.9. The van der Waals surface area contributed by atoms with Crippen molar-refractivity contribution in [3.8, 4) is 11.1 Å². The molecular weight excluding hydrogens is 398 g/mol. The number of amides is 1. The molecule has 0 saturated carbocycles. The van der Waals surface area contributed by atoms with Gasteiger partial charge in [-0.3, -0.25) is 0 Å². The fourth-order valence-electron chi connectivity index (χ4n) is 3.69. The molecule has 1 amide bonds. The van der Waals surface area contributed by atoms with E-state index < -0.39 is 6.09 Å². The van der Waals surface area contributed by atoms with Crippen molar-refractivity contribution in [2.24, 2.45) is 0 Å². The van der Waals surface area contributed by atoms with E-state index in [1.165, 1.54) is 40.7 Å². The smallest absolute Gasteiger partial charge is 0.407 e. The third-order valence-corrected chi connectivity index (χ3v) is 5.98. The molecule has 2 aromatic carbocycles. The van der Waals surface area contributed by atoms with Crippen LogP contribution in [0.15, 0.2) is 66.1 Å². The van der Waals surface area contributed by atoms with E-state index in [-0.39, 0.29) is 18.5 Å². The molecule has 1 aromatic heterocycles. The minimum Gasteiger partial charge on any atom is -0.465 e. The van der Waals surface area contributed by atoms with E-state index in [0.717, 1.165) is 5.56 Å². The second-order valence-corrected chi connectivity index (χ2v) is 7.72. The summed E-state index contributed by atoms with van der Waals surface area (Å²) in [5.74, 6) is -0.332. The summed E-state index contributed by atoms with van der Waals surface area (Å²) in [6.45, 7) is 0.577. The van der Waals surface area contributed by atoms with Gasteiger partial charge >= 0.3 is 12.1 Å². The molecule has 6 heteroatoms. The van der Waals surface area contributed by atoms with Crippen molar-refractivity contribution in [1.82, 2.24) is 5.32 Å². The molecule has 0 radical (unpaired) electrons. The topological polar surface area (TPSA) is 64.6 Å². The maximum Gasteiger partial charge on any atom is 0.407 e. The van der Waals surface area contributed by atoms with Gasteiger partial charge in [-0.05, 0) is 39.3 Å². The molecule has 0 unspecified atom stereocenters. The Balaban J connectivity index is 1.33. The molecule has 0 atom stereocenters. The average Bonchev–Trinajstić information content (AvgIpc) is 3.37. The van der Waals surface area contributed by atoms with E-state index in [1.54, 1.807) is 12.2 Å². The summed E-state index contributed by atoms with van der Waals surface area (Å²) in [4.78, 5) is 24.4. The molecule has 5 nitrogen and oxygen atoms in total. The highest BCUT2D eigenvalue weighted by molar-refractivity contribution is 7.12. The van der Waals surface area contributed by atoms with Gasteiger partial charge in [-0.15, -0.1) is 11.3 Å². The minimum atomic E-state index is -0.472. The zero-order valence-electron chi connectivity index (χ0n) is 16.5. The van der Waals surface area contributed by atoms with Crippen LogP contribution >= 0.6 is 11.3 Å². The molecule has 30 heavy (non-hydrogen) atoms. The number of carbonyl (C=O) groups excluding carboxylic acids is 2. The van der Waals surface area contributed by atoms with Crippen molar-refractivity contribution >= 4 is 29.5 Å².